The van der Waals surface area contributed by atoms with Crippen LogP contribution in [0.2, 0.25) is 0 Å². The lowest BCUT2D eigenvalue weighted by Gasteiger charge is -2.06. The fourth-order valence-corrected chi connectivity index (χ4v) is 4.17. The van der Waals surface area contributed by atoms with Crippen LogP contribution in [0.5, 0.6) is 11.5 Å². The second-order valence-corrected chi connectivity index (χ2v) is 7.32. The number of rotatable bonds is 4. The summed E-state index contributed by atoms with van der Waals surface area (Å²) in [5, 5.41) is 1.85. The molecule has 0 aliphatic carbocycles. The van der Waals surface area contributed by atoms with Gasteiger partial charge in [0.05, 0.1) is 25.3 Å². The molecule has 0 unspecified atom stereocenters. The summed E-state index contributed by atoms with van der Waals surface area (Å²) in [6.45, 7) is 0. The summed E-state index contributed by atoms with van der Waals surface area (Å²) in [7, 11) is 3.25. The van der Waals surface area contributed by atoms with E-state index in [1.54, 1.807) is 32.3 Å². The van der Waals surface area contributed by atoms with Crippen LogP contribution in [0.4, 0.5) is 0 Å². The molecule has 0 atom stereocenters. The van der Waals surface area contributed by atoms with Crippen LogP contribution in [0.15, 0.2) is 57.1 Å². The molecule has 0 aliphatic heterocycles. The third-order valence-corrected chi connectivity index (χ3v) is 5.35. The van der Waals surface area contributed by atoms with Gasteiger partial charge in [0, 0.05) is 20.8 Å². The number of nitrogens with one attached hydrogen (secondary N) is 1. The lowest BCUT2D eigenvalue weighted by Crippen LogP contribution is -1.89. The molecule has 4 aromatic rings. The second-order valence-electron chi connectivity index (χ2n) is 5.34. The minimum absolute atomic E-state index is 0.677. The van der Waals surface area contributed by atoms with Crippen molar-refractivity contribution in [3.05, 3.63) is 47.2 Å². The summed E-state index contributed by atoms with van der Waals surface area (Å²) < 4.78 is 11.8. The Labute approximate surface area is 156 Å². The van der Waals surface area contributed by atoms with Gasteiger partial charge in [0.2, 0.25) is 0 Å². The molecule has 0 saturated heterocycles. The summed E-state index contributed by atoms with van der Waals surface area (Å²) in [6, 6.07) is 12.0. The van der Waals surface area contributed by atoms with Gasteiger partial charge >= 0.3 is 0 Å². The molecule has 5 nitrogen and oxygen atoms in total. The zero-order chi connectivity index (χ0) is 17.4. The molecule has 0 saturated carbocycles. The van der Waals surface area contributed by atoms with E-state index in [1.807, 2.05) is 24.3 Å². The third kappa shape index (κ3) is 2.94. The minimum Gasteiger partial charge on any atom is -0.493 e. The van der Waals surface area contributed by atoms with E-state index in [2.05, 4.69) is 43.0 Å². The summed E-state index contributed by atoms with van der Waals surface area (Å²) in [6.07, 6.45) is 1.59. The van der Waals surface area contributed by atoms with E-state index >= 15 is 0 Å². The molecule has 1 N–H and O–H groups in total. The number of aromatic amines is 1. The van der Waals surface area contributed by atoms with Crippen LogP contribution in [0, 0.1) is 0 Å². The molecule has 2 aromatic heterocycles. The van der Waals surface area contributed by atoms with Crippen LogP contribution in [0.3, 0.4) is 0 Å². The molecule has 7 heteroatoms. The molecule has 2 heterocycles. The Morgan fingerprint density at radius 2 is 1.84 bits per heavy atom. The van der Waals surface area contributed by atoms with Crippen molar-refractivity contribution in [3.8, 4) is 11.5 Å². The van der Waals surface area contributed by atoms with Gasteiger partial charge in [-0.15, -0.1) is 0 Å². The number of nitrogens with zero attached hydrogens (tertiary/aromatic N) is 2. The summed E-state index contributed by atoms with van der Waals surface area (Å²) in [5.41, 5.74) is 2.70. The van der Waals surface area contributed by atoms with E-state index in [0.717, 1.165) is 36.3 Å². The van der Waals surface area contributed by atoms with Crippen molar-refractivity contribution < 1.29 is 9.47 Å². The van der Waals surface area contributed by atoms with Crippen molar-refractivity contribution in [2.45, 2.75) is 9.92 Å². The molecule has 0 bridgehead atoms. The number of hydrogen-bond acceptors (Lipinski definition) is 5. The molecule has 25 heavy (non-hydrogen) atoms. The van der Waals surface area contributed by atoms with Gasteiger partial charge in [0.25, 0.3) is 0 Å². The number of methoxy groups -OCH3 is 2. The van der Waals surface area contributed by atoms with Gasteiger partial charge in [0.1, 0.15) is 16.9 Å². The molecule has 0 aliphatic rings. The third-order valence-electron chi connectivity index (χ3n) is 3.86. The highest BCUT2D eigenvalue weighted by Gasteiger charge is 2.15. The maximum Gasteiger partial charge on any atom is 0.162 e. The highest BCUT2D eigenvalue weighted by molar-refractivity contribution is 9.10. The molecular weight excluding hydrogens is 402 g/mol. The topological polar surface area (TPSA) is 60.0 Å². The quantitative estimate of drug-likeness (QED) is 0.473. The number of ether oxygens (including phenoxy) is 2. The fourth-order valence-electron chi connectivity index (χ4n) is 2.72. The standard InChI is InChI=1S/C18H14BrN3O2S/c1-23-14-7-12-13(8-15(14)24-2)22-17-16(12)20-9-21-18(17)25-11-5-3-4-10(19)6-11/h3-9,22H,1-2H3. The molecule has 2 aromatic carbocycles. The van der Waals surface area contributed by atoms with Gasteiger partial charge in [-0.2, -0.15) is 0 Å². The Morgan fingerprint density at radius 3 is 2.60 bits per heavy atom. The van der Waals surface area contributed by atoms with Gasteiger partial charge in [-0.05, 0) is 24.3 Å². The normalized spacial score (nSPS) is 11.2. The largest absolute Gasteiger partial charge is 0.493 e. The Morgan fingerprint density at radius 1 is 1.04 bits per heavy atom. The van der Waals surface area contributed by atoms with Gasteiger partial charge in [-0.1, -0.05) is 33.8 Å². The van der Waals surface area contributed by atoms with E-state index in [9.17, 15) is 0 Å². The second kappa shape index (κ2) is 6.57. The molecular formula is C18H14BrN3O2S. The summed E-state index contributed by atoms with van der Waals surface area (Å²) in [4.78, 5) is 13.4. The SMILES string of the molecule is COc1cc2[nH]c3c(Sc4cccc(Br)c4)ncnc3c2cc1OC. The van der Waals surface area contributed by atoms with Crippen LogP contribution in [-0.4, -0.2) is 29.2 Å². The van der Waals surface area contributed by atoms with E-state index in [1.165, 1.54) is 0 Å². The first-order chi connectivity index (χ1) is 12.2. The highest BCUT2D eigenvalue weighted by atomic mass is 79.9. The van der Waals surface area contributed by atoms with Crippen molar-refractivity contribution >= 4 is 49.6 Å². The van der Waals surface area contributed by atoms with Crippen LogP contribution in [-0.2, 0) is 0 Å². The van der Waals surface area contributed by atoms with Crippen molar-refractivity contribution in [1.82, 2.24) is 15.0 Å². The van der Waals surface area contributed by atoms with E-state index < -0.39 is 0 Å². The molecule has 0 fully saturated rings. The number of fused-ring (bicyclic) bond motifs is 3. The zero-order valence-corrected chi connectivity index (χ0v) is 15.9. The number of hydrogen-bond donors (Lipinski definition) is 1. The number of aromatic nitrogens is 3. The first-order valence-electron chi connectivity index (χ1n) is 7.51. The number of benzene rings is 2. The van der Waals surface area contributed by atoms with E-state index in [-0.39, 0.29) is 0 Å². The van der Waals surface area contributed by atoms with Crippen LogP contribution in [0.1, 0.15) is 0 Å². The van der Waals surface area contributed by atoms with E-state index in [0.29, 0.717) is 11.5 Å². The Hall–Kier alpha value is -2.25. The first-order valence-corrected chi connectivity index (χ1v) is 9.12. The fraction of sp³-hybridized carbons (Fsp3) is 0.111. The summed E-state index contributed by atoms with van der Waals surface area (Å²) in [5.74, 6) is 1.35. The first kappa shape index (κ1) is 16.2. The van der Waals surface area contributed by atoms with Gasteiger partial charge in [-0.3, -0.25) is 0 Å². The van der Waals surface area contributed by atoms with Crippen LogP contribution >= 0.6 is 27.7 Å². The smallest absolute Gasteiger partial charge is 0.162 e. The van der Waals surface area contributed by atoms with Crippen LogP contribution in [0.25, 0.3) is 21.9 Å². The zero-order valence-electron chi connectivity index (χ0n) is 13.5. The summed E-state index contributed by atoms with van der Waals surface area (Å²) >= 11 is 5.09. The minimum atomic E-state index is 0.677. The number of halogens is 1. The predicted molar refractivity (Wildman–Crippen MR) is 103 cm³/mol. The lowest BCUT2D eigenvalue weighted by atomic mass is 10.2. The lowest BCUT2D eigenvalue weighted by molar-refractivity contribution is 0.356. The number of H-pyrrole nitrogens is 1. The highest BCUT2D eigenvalue weighted by Crippen LogP contribution is 2.38. The molecule has 4 rings (SSSR count). The van der Waals surface area contributed by atoms with Gasteiger partial charge in [0.15, 0.2) is 11.5 Å². The maximum atomic E-state index is 5.41. The van der Waals surface area contributed by atoms with Crippen molar-refractivity contribution in [2.75, 3.05) is 14.2 Å². The van der Waals surface area contributed by atoms with Gasteiger partial charge in [-0.25, -0.2) is 9.97 Å². The molecule has 126 valence electrons. The Bertz CT molecular complexity index is 1080. The average Bonchev–Trinajstić information content (AvgIpc) is 2.99. The average molecular weight is 416 g/mol. The molecule has 0 amide bonds. The Balaban J connectivity index is 1.89. The molecule has 0 radical (unpaired) electrons. The Kier molecular flexibility index (Phi) is 4.27. The van der Waals surface area contributed by atoms with E-state index in [4.69, 9.17) is 9.47 Å². The van der Waals surface area contributed by atoms with Crippen molar-refractivity contribution in [2.24, 2.45) is 0 Å². The predicted octanol–water partition coefficient (Wildman–Crippen LogP) is 5.04. The van der Waals surface area contributed by atoms with Crippen LogP contribution < -0.4 is 9.47 Å². The van der Waals surface area contributed by atoms with Gasteiger partial charge < -0.3 is 14.5 Å². The molecule has 0 spiro atoms. The monoisotopic (exact) mass is 415 g/mol. The van der Waals surface area contributed by atoms with Crippen molar-refractivity contribution in [1.29, 1.82) is 0 Å². The van der Waals surface area contributed by atoms with Crippen molar-refractivity contribution in [3.63, 3.8) is 0 Å². The maximum absolute atomic E-state index is 5.41.